The van der Waals surface area contributed by atoms with E-state index in [1.165, 1.54) is 17.0 Å². The summed E-state index contributed by atoms with van der Waals surface area (Å²) in [6, 6.07) is 4.58. The van der Waals surface area contributed by atoms with E-state index in [2.05, 4.69) is 9.97 Å². The Bertz CT molecular complexity index is 752. The summed E-state index contributed by atoms with van der Waals surface area (Å²) >= 11 is 0. The fourth-order valence-electron chi connectivity index (χ4n) is 1.97. The van der Waals surface area contributed by atoms with Gasteiger partial charge in [0, 0.05) is 25.1 Å². The highest BCUT2D eigenvalue weighted by molar-refractivity contribution is 7.90. The predicted octanol–water partition coefficient (Wildman–Crippen LogP) is 1.39. The average Bonchev–Trinajstić information content (AvgIpc) is 2.90. The van der Waals surface area contributed by atoms with Gasteiger partial charge in [-0.25, -0.2) is 13.4 Å². The first-order valence-corrected chi connectivity index (χ1v) is 8.21. The zero-order valence-corrected chi connectivity index (χ0v) is 12.9. The van der Waals surface area contributed by atoms with Crippen molar-refractivity contribution in [1.29, 1.82) is 0 Å². The van der Waals surface area contributed by atoms with Crippen molar-refractivity contribution >= 4 is 15.7 Å². The summed E-state index contributed by atoms with van der Waals surface area (Å²) in [5.41, 5.74) is 1.94. The molecule has 0 atom stereocenters. The van der Waals surface area contributed by atoms with Crippen molar-refractivity contribution in [3.8, 4) is 0 Å². The van der Waals surface area contributed by atoms with Crippen LogP contribution in [0.1, 0.15) is 21.6 Å². The molecule has 0 spiro atoms. The number of hydrogen-bond acceptors (Lipinski definition) is 4. The number of H-pyrrole nitrogens is 1. The molecule has 0 aliphatic heterocycles. The number of sulfone groups is 1. The van der Waals surface area contributed by atoms with Gasteiger partial charge in [0.15, 0.2) is 9.84 Å². The molecule has 6 nitrogen and oxygen atoms in total. The molecule has 1 N–H and O–H groups in total. The first-order valence-electron chi connectivity index (χ1n) is 6.32. The number of nitrogens with zero attached hydrogens (tertiary/aromatic N) is 2. The van der Waals surface area contributed by atoms with Crippen LogP contribution in [0.2, 0.25) is 0 Å². The highest BCUT2D eigenvalue weighted by atomic mass is 32.2. The fourth-order valence-corrected chi connectivity index (χ4v) is 2.61. The van der Waals surface area contributed by atoms with E-state index in [9.17, 15) is 13.2 Å². The van der Waals surface area contributed by atoms with Crippen molar-refractivity contribution in [3.05, 3.63) is 47.5 Å². The Morgan fingerprint density at radius 2 is 2.10 bits per heavy atom. The smallest absolute Gasteiger partial charge is 0.254 e. The van der Waals surface area contributed by atoms with Crippen LogP contribution in [0, 0.1) is 6.92 Å². The Morgan fingerprint density at radius 3 is 2.67 bits per heavy atom. The van der Waals surface area contributed by atoms with Crippen molar-refractivity contribution in [2.45, 2.75) is 18.4 Å². The monoisotopic (exact) mass is 307 g/mol. The molecule has 21 heavy (non-hydrogen) atoms. The minimum atomic E-state index is -3.34. The zero-order valence-electron chi connectivity index (χ0n) is 12.1. The van der Waals surface area contributed by atoms with Crippen LogP contribution in [0.4, 0.5) is 0 Å². The molecule has 7 heteroatoms. The molecule has 2 rings (SSSR count). The summed E-state index contributed by atoms with van der Waals surface area (Å²) < 4.78 is 23.2. The number of nitrogens with one attached hydrogen (secondary N) is 1. The first kappa shape index (κ1) is 15.2. The summed E-state index contributed by atoms with van der Waals surface area (Å²) in [6.45, 7) is 2.16. The maximum Gasteiger partial charge on any atom is 0.254 e. The molecular weight excluding hydrogens is 290 g/mol. The first-order chi connectivity index (χ1) is 9.79. The molecule has 0 aliphatic rings. The van der Waals surface area contributed by atoms with Crippen LogP contribution >= 0.6 is 0 Å². The molecule has 1 aromatic carbocycles. The van der Waals surface area contributed by atoms with Crippen LogP contribution in [-0.2, 0) is 16.4 Å². The summed E-state index contributed by atoms with van der Waals surface area (Å²) in [5, 5.41) is 0. The van der Waals surface area contributed by atoms with Crippen LogP contribution in [-0.4, -0.2) is 42.5 Å². The van der Waals surface area contributed by atoms with Gasteiger partial charge < -0.3 is 9.88 Å². The van der Waals surface area contributed by atoms with Crippen LogP contribution < -0.4 is 0 Å². The molecule has 0 radical (unpaired) electrons. The zero-order chi connectivity index (χ0) is 15.6. The molecule has 0 saturated heterocycles. The van der Waals surface area contributed by atoms with Crippen LogP contribution in [0.5, 0.6) is 0 Å². The number of imidazole rings is 1. The largest absolute Gasteiger partial charge is 0.347 e. The van der Waals surface area contributed by atoms with Crippen molar-refractivity contribution < 1.29 is 13.2 Å². The third-order valence-corrected chi connectivity index (χ3v) is 4.29. The maximum absolute atomic E-state index is 12.5. The van der Waals surface area contributed by atoms with Gasteiger partial charge in [0.2, 0.25) is 0 Å². The highest BCUT2D eigenvalue weighted by Gasteiger charge is 2.18. The number of aromatic amines is 1. The Labute approximate surface area is 123 Å². The number of aromatic nitrogens is 2. The molecule has 1 amide bonds. The highest BCUT2D eigenvalue weighted by Crippen LogP contribution is 2.17. The Kier molecular flexibility index (Phi) is 4.13. The topological polar surface area (TPSA) is 83.1 Å². The van der Waals surface area contributed by atoms with Gasteiger partial charge in [0.25, 0.3) is 5.91 Å². The van der Waals surface area contributed by atoms with Crippen molar-refractivity contribution in [3.63, 3.8) is 0 Å². The van der Waals surface area contributed by atoms with Gasteiger partial charge >= 0.3 is 0 Å². The fraction of sp³-hybridized carbons (Fsp3) is 0.286. The Balaban J connectivity index is 2.30. The minimum Gasteiger partial charge on any atom is -0.347 e. The van der Waals surface area contributed by atoms with Gasteiger partial charge in [0.1, 0.15) is 0 Å². The summed E-state index contributed by atoms with van der Waals surface area (Å²) in [4.78, 5) is 21.0. The van der Waals surface area contributed by atoms with E-state index in [0.29, 0.717) is 12.1 Å². The number of carbonyl (C=O) groups excluding carboxylic acids is 1. The molecule has 2 aromatic rings. The number of amides is 1. The van der Waals surface area contributed by atoms with Gasteiger partial charge in [-0.1, -0.05) is 6.07 Å². The summed E-state index contributed by atoms with van der Waals surface area (Å²) in [6.07, 6.45) is 4.31. The molecule has 0 unspecified atom stereocenters. The van der Waals surface area contributed by atoms with Crippen molar-refractivity contribution in [2.24, 2.45) is 0 Å². The molecular formula is C14H17N3O3S. The maximum atomic E-state index is 12.5. The number of rotatable bonds is 4. The van der Waals surface area contributed by atoms with Crippen molar-refractivity contribution in [2.75, 3.05) is 13.3 Å². The van der Waals surface area contributed by atoms with Gasteiger partial charge in [-0.3, -0.25) is 4.79 Å². The molecule has 1 heterocycles. The van der Waals surface area contributed by atoms with Gasteiger partial charge in [-0.05, 0) is 24.6 Å². The lowest BCUT2D eigenvalue weighted by Gasteiger charge is -2.18. The quantitative estimate of drug-likeness (QED) is 0.925. The van der Waals surface area contributed by atoms with E-state index < -0.39 is 9.84 Å². The third kappa shape index (κ3) is 3.49. The molecule has 1 aromatic heterocycles. The second kappa shape index (κ2) is 5.69. The third-order valence-electron chi connectivity index (χ3n) is 3.18. The lowest BCUT2D eigenvalue weighted by atomic mass is 10.1. The predicted molar refractivity (Wildman–Crippen MR) is 78.7 cm³/mol. The number of benzene rings is 1. The van der Waals surface area contributed by atoms with Gasteiger partial charge in [-0.15, -0.1) is 0 Å². The van der Waals surface area contributed by atoms with E-state index >= 15 is 0 Å². The van der Waals surface area contributed by atoms with E-state index in [0.717, 1.165) is 17.5 Å². The SMILES string of the molecule is Cc1ccc(S(C)(=O)=O)cc1C(=O)N(C)Cc1cnc[nH]1. The Hall–Kier alpha value is -2.15. The van der Waals surface area contributed by atoms with E-state index in [4.69, 9.17) is 0 Å². The number of carbonyl (C=O) groups is 1. The summed E-state index contributed by atoms with van der Waals surface area (Å²) in [5.74, 6) is -0.229. The van der Waals surface area contributed by atoms with Crippen LogP contribution in [0.3, 0.4) is 0 Å². The lowest BCUT2D eigenvalue weighted by Crippen LogP contribution is -2.27. The van der Waals surface area contributed by atoms with Crippen LogP contribution in [0.15, 0.2) is 35.6 Å². The molecule has 0 saturated carbocycles. The molecule has 0 aliphatic carbocycles. The second-order valence-corrected chi connectivity index (χ2v) is 7.00. The average molecular weight is 307 g/mol. The van der Waals surface area contributed by atoms with Gasteiger partial charge in [0.05, 0.1) is 23.5 Å². The lowest BCUT2D eigenvalue weighted by molar-refractivity contribution is 0.0782. The van der Waals surface area contributed by atoms with Crippen LogP contribution in [0.25, 0.3) is 0 Å². The van der Waals surface area contributed by atoms with E-state index in [-0.39, 0.29) is 10.8 Å². The van der Waals surface area contributed by atoms with Gasteiger partial charge in [-0.2, -0.15) is 0 Å². The standard InChI is InChI=1S/C14H17N3O3S/c1-10-4-5-12(21(3,19)20)6-13(10)14(18)17(2)8-11-7-15-9-16-11/h4-7,9H,8H2,1-3H3,(H,15,16). The molecule has 0 bridgehead atoms. The molecule has 0 fully saturated rings. The summed E-state index contributed by atoms with van der Waals surface area (Å²) in [7, 11) is -1.68. The molecule has 112 valence electrons. The minimum absolute atomic E-state index is 0.145. The van der Waals surface area contributed by atoms with E-state index in [1.807, 2.05) is 0 Å². The number of hydrogen-bond donors (Lipinski definition) is 1. The normalized spacial score (nSPS) is 11.4. The van der Waals surface area contributed by atoms with Crippen molar-refractivity contribution in [1.82, 2.24) is 14.9 Å². The van der Waals surface area contributed by atoms with E-state index in [1.54, 1.807) is 32.6 Å². The second-order valence-electron chi connectivity index (χ2n) is 4.99. The number of aryl methyl sites for hydroxylation is 1. The Morgan fingerprint density at radius 1 is 1.38 bits per heavy atom.